The lowest BCUT2D eigenvalue weighted by Gasteiger charge is -2.35. The average molecular weight is 559 g/mol. The van der Waals surface area contributed by atoms with Gasteiger partial charge in [-0.2, -0.15) is 0 Å². The average Bonchev–Trinajstić information content (AvgIpc) is 3.00. The van der Waals surface area contributed by atoms with Crippen molar-refractivity contribution in [2.45, 2.75) is 70.9 Å². The number of ether oxygens (including phenoxy) is 2. The first kappa shape index (κ1) is 30.8. The number of aliphatic hydroxyl groups excluding tert-OH is 1. The van der Waals surface area contributed by atoms with Crippen molar-refractivity contribution in [3.8, 4) is 5.75 Å². The number of hydrogen-bond donors (Lipinski definition) is 2. The van der Waals surface area contributed by atoms with E-state index in [1.807, 2.05) is 25.1 Å². The predicted octanol–water partition coefficient (Wildman–Crippen LogP) is 3.01. The molecule has 2 amide bonds. The van der Waals surface area contributed by atoms with Crippen molar-refractivity contribution in [2.24, 2.45) is 11.8 Å². The molecule has 9 heteroatoms. The predicted molar refractivity (Wildman–Crippen MR) is 157 cm³/mol. The van der Waals surface area contributed by atoms with Crippen LogP contribution >= 0.6 is 0 Å². The summed E-state index contributed by atoms with van der Waals surface area (Å²) in [5.41, 5.74) is 1.43. The highest BCUT2D eigenvalue weighted by Crippen LogP contribution is 2.30. The molecular formula is C31H50N4O5. The number of nitrogens with one attached hydrogen (secondary N) is 1. The molecule has 0 aromatic heterocycles. The van der Waals surface area contributed by atoms with Crippen LogP contribution < -0.4 is 10.1 Å². The molecule has 1 aromatic rings. The van der Waals surface area contributed by atoms with Crippen LogP contribution in [0.25, 0.3) is 0 Å². The molecule has 0 unspecified atom stereocenters. The van der Waals surface area contributed by atoms with Crippen LogP contribution in [-0.4, -0.2) is 110 Å². The number of aliphatic hydroxyl groups is 1. The van der Waals surface area contributed by atoms with Crippen LogP contribution in [0.1, 0.15) is 57.9 Å². The summed E-state index contributed by atoms with van der Waals surface area (Å²) >= 11 is 0. The van der Waals surface area contributed by atoms with E-state index in [2.05, 4.69) is 29.1 Å². The van der Waals surface area contributed by atoms with E-state index in [1.54, 1.807) is 4.90 Å². The minimum absolute atomic E-state index is 0.0368. The van der Waals surface area contributed by atoms with Crippen LogP contribution in [0.3, 0.4) is 0 Å². The fourth-order valence-corrected chi connectivity index (χ4v) is 6.23. The summed E-state index contributed by atoms with van der Waals surface area (Å²) in [5.74, 6) is 1.43. The molecule has 4 rings (SSSR count). The maximum Gasteiger partial charge on any atom is 0.227 e. The Bertz CT molecular complexity index is 963. The second-order valence-electron chi connectivity index (χ2n) is 12.2. The van der Waals surface area contributed by atoms with Gasteiger partial charge in [-0.15, -0.1) is 0 Å². The van der Waals surface area contributed by atoms with E-state index in [-0.39, 0.29) is 42.9 Å². The van der Waals surface area contributed by atoms with E-state index < -0.39 is 0 Å². The minimum Gasteiger partial charge on any atom is -0.488 e. The third kappa shape index (κ3) is 8.90. The second-order valence-corrected chi connectivity index (χ2v) is 12.2. The summed E-state index contributed by atoms with van der Waals surface area (Å²) < 4.78 is 12.1. The lowest BCUT2D eigenvalue weighted by Crippen LogP contribution is -2.48. The summed E-state index contributed by atoms with van der Waals surface area (Å²) in [7, 11) is 2.17. The highest BCUT2D eigenvalue weighted by Gasteiger charge is 2.31. The maximum absolute atomic E-state index is 13.5. The molecule has 2 aliphatic heterocycles. The molecule has 1 saturated heterocycles. The zero-order valence-corrected chi connectivity index (χ0v) is 24.8. The summed E-state index contributed by atoms with van der Waals surface area (Å²) in [6.07, 6.45) is 7.05. The Hall–Kier alpha value is -2.20. The number of benzene rings is 1. The number of carbonyl (C=O) groups excluding carboxylic acids is 2. The third-order valence-corrected chi connectivity index (χ3v) is 8.75. The summed E-state index contributed by atoms with van der Waals surface area (Å²) in [4.78, 5) is 32.6. The fourth-order valence-electron chi connectivity index (χ4n) is 6.23. The molecule has 3 atom stereocenters. The Morgan fingerprint density at radius 2 is 1.93 bits per heavy atom. The molecule has 0 radical (unpaired) electrons. The zero-order valence-electron chi connectivity index (χ0n) is 24.8. The van der Waals surface area contributed by atoms with Crippen molar-refractivity contribution in [3.05, 3.63) is 23.8 Å². The van der Waals surface area contributed by atoms with Gasteiger partial charge in [0, 0.05) is 62.9 Å². The number of amides is 2. The smallest absolute Gasteiger partial charge is 0.227 e. The van der Waals surface area contributed by atoms with Gasteiger partial charge in [-0.3, -0.25) is 14.5 Å². The molecule has 0 spiro atoms. The molecule has 224 valence electrons. The van der Waals surface area contributed by atoms with Gasteiger partial charge in [-0.1, -0.05) is 26.2 Å². The largest absolute Gasteiger partial charge is 0.488 e. The normalized spacial score (nSPS) is 24.0. The number of likely N-dealkylation sites (N-methyl/N-ethyl adjacent to an activating group) is 1. The SMILES string of the molecule is C[C@H]1CN([C@@H](C)CO)C(=O)Cc2cc(NC(=O)CCN3CCOCC3)ccc2O[C@@H]1CN(C)CC1CCCCC1. The van der Waals surface area contributed by atoms with Gasteiger partial charge in [0.25, 0.3) is 0 Å². The first-order valence-corrected chi connectivity index (χ1v) is 15.3. The Morgan fingerprint density at radius 1 is 1.18 bits per heavy atom. The topological polar surface area (TPSA) is 94.6 Å². The number of hydrogen-bond acceptors (Lipinski definition) is 7. The second kappa shape index (κ2) is 15.1. The van der Waals surface area contributed by atoms with Crippen LogP contribution in [-0.2, 0) is 20.7 Å². The van der Waals surface area contributed by atoms with Gasteiger partial charge in [0.1, 0.15) is 11.9 Å². The summed E-state index contributed by atoms with van der Waals surface area (Å²) in [6, 6.07) is 5.36. The third-order valence-electron chi connectivity index (χ3n) is 8.75. The van der Waals surface area contributed by atoms with Crippen molar-refractivity contribution in [1.29, 1.82) is 0 Å². The van der Waals surface area contributed by atoms with Crippen molar-refractivity contribution < 1.29 is 24.2 Å². The summed E-state index contributed by atoms with van der Waals surface area (Å²) in [6.45, 7) is 10.1. The highest BCUT2D eigenvalue weighted by molar-refractivity contribution is 5.91. The number of fused-ring (bicyclic) bond motifs is 1. The summed E-state index contributed by atoms with van der Waals surface area (Å²) in [5, 5.41) is 12.9. The van der Waals surface area contributed by atoms with Crippen molar-refractivity contribution in [2.75, 3.05) is 71.5 Å². The first-order valence-electron chi connectivity index (χ1n) is 15.3. The number of anilines is 1. The van der Waals surface area contributed by atoms with E-state index in [9.17, 15) is 14.7 Å². The van der Waals surface area contributed by atoms with E-state index in [4.69, 9.17) is 9.47 Å². The molecule has 1 saturated carbocycles. The molecule has 2 N–H and O–H groups in total. The highest BCUT2D eigenvalue weighted by atomic mass is 16.5. The Labute approximate surface area is 240 Å². The van der Waals surface area contributed by atoms with Crippen LogP contribution in [0.15, 0.2) is 18.2 Å². The standard InChI is InChI=1S/C31H50N4O5/c1-23-19-35(24(2)22-36)31(38)18-26-17-27(32-30(37)11-12-34-13-15-39-16-14-34)9-10-28(26)40-29(23)21-33(3)20-25-7-5-4-6-8-25/h9-10,17,23-25,29,36H,4-8,11-16,18-22H2,1-3H3,(H,32,37)/t23-,24-,29+/m0/s1. The van der Waals surface area contributed by atoms with E-state index in [1.165, 1.54) is 32.1 Å². The van der Waals surface area contributed by atoms with Gasteiger partial charge < -0.3 is 29.7 Å². The molecular weight excluding hydrogens is 508 g/mol. The van der Waals surface area contributed by atoms with Crippen molar-refractivity contribution in [1.82, 2.24) is 14.7 Å². The molecule has 2 heterocycles. The van der Waals surface area contributed by atoms with Crippen LogP contribution in [0.4, 0.5) is 5.69 Å². The van der Waals surface area contributed by atoms with Gasteiger partial charge in [-0.05, 0) is 50.9 Å². The first-order chi connectivity index (χ1) is 19.3. The fraction of sp³-hybridized carbons (Fsp3) is 0.742. The van der Waals surface area contributed by atoms with Crippen molar-refractivity contribution in [3.63, 3.8) is 0 Å². The molecule has 9 nitrogen and oxygen atoms in total. The monoisotopic (exact) mass is 558 g/mol. The molecule has 0 bridgehead atoms. The van der Waals surface area contributed by atoms with Crippen LogP contribution in [0.5, 0.6) is 5.75 Å². The molecule has 3 aliphatic rings. The lowest BCUT2D eigenvalue weighted by molar-refractivity contribution is -0.134. The van der Waals surface area contributed by atoms with Gasteiger partial charge in [-0.25, -0.2) is 0 Å². The lowest BCUT2D eigenvalue weighted by atomic mass is 9.89. The number of nitrogens with zero attached hydrogens (tertiary/aromatic N) is 3. The van der Waals surface area contributed by atoms with Gasteiger partial charge in [0.2, 0.25) is 11.8 Å². The van der Waals surface area contributed by atoms with Gasteiger partial charge >= 0.3 is 0 Å². The Balaban J connectivity index is 1.47. The Morgan fingerprint density at radius 3 is 2.65 bits per heavy atom. The Kier molecular flexibility index (Phi) is 11.6. The maximum atomic E-state index is 13.5. The molecule has 40 heavy (non-hydrogen) atoms. The molecule has 1 aliphatic carbocycles. The van der Waals surface area contributed by atoms with Gasteiger partial charge in [0.05, 0.1) is 32.3 Å². The number of morpholine rings is 1. The van der Waals surface area contributed by atoms with Crippen LogP contribution in [0.2, 0.25) is 0 Å². The van der Waals surface area contributed by atoms with Gasteiger partial charge in [0.15, 0.2) is 0 Å². The van der Waals surface area contributed by atoms with E-state index in [0.717, 1.165) is 37.7 Å². The number of rotatable bonds is 10. The molecule has 2 fully saturated rings. The number of carbonyl (C=O) groups is 2. The van der Waals surface area contributed by atoms with Crippen molar-refractivity contribution >= 4 is 17.5 Å². The zero-order chi connectivity index (χ0) is 28.5. The van der Waals surface area contributed by atoms with E-state index in [0.29, 0.717) is 44.2 Å². The van der Waals surface area contributed by atoms with Crippen LogP contribution in [0, 0.1) is 11.8 Å². The minimum atomic E-state index is -0.278. The molecule has 1 aromatic carbocycles. The van der Waals surface area contributed by atoms with E-state index >= 15 is 0 Å². The quantitative estimate of drug-likeness (QED) is 0.456.